The average Bonchev–Trinajstić information content (AvgIpc) is 2.59. The largest absolute Gasteiger partial charge is 0.469 e. The van der Waals surface area contributed by atoms with Crippen LogP contribution in [-0.4, -0.2) is 27.8 Å². The third kappa shape index (κ3) is 1.54. The standard InChI is InChI=1S/C8H10BrN3O2/c1-14-7(13)5-2-3-12-6(4-5)10-11-8(12)9/h5H,2-4H2,1H3. The first kappa shape index (κ1) is 9.64. The van der Waals surface area contributed by atoms with Crippen molar-refractivity contribution in [1.29, 1.82) is 0 Å². The zero-order valence-corrected chi connectivity index (χ0v) is 9.32. The van der Waals surface area contributed by atoms with Crippen molar-refractivity contribution in [2.45, 2.75) is 19.4 Å². The summed E-state index contributed by atoms with van der Waals surface area (Å²) in [5, 5.41) is 7.88. The van der Waals surface area contributed by atoms with Gasteiger partial charge >= 0.3 is 5.97 Å². The van der Waals surface area contributed by atoms with Crippen molar-refractivity contribution in [3.8, 4) is 0 Å². The van der Waals surface area contributed by atoms with E-state index in [0.29, 0.717) is 6.42 Å². The molecule has 2 rings (SSSR count). The van der Waals surface area contributed by atoms with E-state index in [4.69, 9.17) is 4.74 Å². The van der Waals surface area contributed by atoms with Gasteiger partial charge in [-0.3, -0.25) is 4.79 Å². The van der Waals surface area contributed by atoms with Crippen molar-refractivity contribution in [3.05, 3.63) is 10.6 Å². The zero-order valence-electron chi connectivity index (χ0n) is 7.73. The van der Waals surface area contributed by atoms with E-state index in [1.807, 2.05) is 4.57 Å². The van der Waals surface area contributed by atoms with Crippen LogP contribution in [0.5, 0.6) is 0 Å². The second-order valence-corrected chi connectivity index (χ2v) is 3.96. The van der Waals surface area contributed by atoms with Crippen LogP contribution >= 0.6 is 15.9 Å². The zero-order chi connectivity index (χ0) is 10.1. The smallest absolute Gasteiger partial charge is 0.309 e. The monoisotopic (exact) mass is 259 g/mol. The number of aromatic nitrogens is 3. The molecule has 1 unspecified atom stereocenters. The Kier molecular flexibility index (Phi) is 2.54. The topological polar surface area (TPSA) is 57.0 Å². The maximum Gasteiger partial charge on any atom is 0.309 e. The van der Waals surface area contributed by atoms with Gasteiger partial charge in [-0.25, -0.2) is 0 Å². The van der Waals surface area contributed by atoms with Crippen molar-refractivity contribution in [1.82, 2.24) is 14.8 Å². The summed E-state index contributed by atoms with van der Waals surface area (Å²) in [5.74, 6) is 0.623. The maximum atomic E-state index is 11.3. The molecule has 1 aromatic rings. The second kappa shape index (κ2) is 3.68. The number of esters is 1. The van der Waals surface area contributed by atoms with Crippen LogP contribution in [0.2, 0.25) is 0 Å². The average molecular weight is 260 g/mol. The molecule has 1 aromatic heterocycles. The van der Waals surface area contributed by atoms with Gasteiger partial charge in [-0.2, -0.15) is 0 Å². The van der Waals surface area contributed by atoms with Gasteiger partial charge in [-0.05, 0) is 22.4 Å². The molecule has 1 aliphatic rings. The quantitative estimate of drug-likeness (QED) is 0.700. The number of carbonyl (C=O) groups excluding carboxylic acids is 1. The molecule has 0 fully saturated rings. The molecule has 1 aliphatic heterocycles. The molecule has 0 saturated carbocycles. The lowest BCUT2D eigenvalue weighted by Crippen LogP contribution is -2.26. The lowest BCUT2D eigenvalue weighted by Gasteiger charge is -2.20. The molecule has 0 bridgehead atoms. The minimum Gasteiger partial charge on any atom is -0.469 e. The molecule has 76 valence electrons. The highest BCUT2D eigenvalue weighted by atomic mass is 79.9. The predicted molar refractivity (Wildman–Crippen MR) is 51.5 cm³/mol. The van der Waals surface area contributed by atoms with Gasteiger partial charge in [-0.1, -0.05) is 0 Å². The number of rotatable bonds is 1. The van der Waals surface area contributed by atoms with Crippen molar-refractivity contribution in [2.24, 2.45) is 5.92 Å². The highest BCUT2D eigenvalue weighted by Crippen LogP contribution is 2.22. The molecule has 6 heteroatoms. The molecule has 0 radical (unpaired) electrons. The van der Waals surface area contributed by atoms with Crippen LogP contribution in [0.1, 0.15) is 12.2 Å². The minimum absolute atomic E-state index is 0.0661. The van der Waals surface area contributed by atoms with E-state index in [9.17, 15) is 4.79 Å². The predicted octanol–water partition coefficient (Wildman–Crippen LogP) is 0.776. The first-order valence-electron chi connectivity index (χ1n) is 4.37. The number of hydrogen-bond acceptors (Lipinski definition) is 4. The Morgan fingerprint density at radius 1 is 1.64 bits per heavy atom. The second-order valence-electron chi connectivity index (χ2n) is 3.25. The summed E-state index contributed by atoms with van der Waals surface area (Å²) in [6.45, 7) is 0.767. The fourth-order valence-electron chi connectivity index (χ4n) is 1.66. The van der Waals surface area contributed by atoms with Gasteiger partial charge in [0, 0.05) is 13.0 Å². The molecule has 2 heterocycles. The number of ether oxygens (including phenoxy) is 1. The first-order chi connectivity index (χ1) is 6.72. The van der Waals surface area contributed by atoms with Gasteiger partial charge in [-0.15, -0.1) is 10.2 Å². The van der Waals surface area contributed by atoms with Crippen molar-refractivity contribution < 1.29 is 9.53 Å². The maximum absolute atomic E-state index is 11.3. The molecule has 0 aliphatic carbocycles. The van der Waals surface area contributed by atoms with E-state index in [2.05, 4.69) is 26.1 Å². The lowest BCUT2D eigenvalue weighted by atomic mass is 9.98. The molecule has 0 aromatic carbocycles. The number of halogens is 1. The Morgan fingerprint density at radius 3 is 3.14 bits per heavy atom. The van der Waals surface area contributed by atoms with Crippen LogP contribution < -0.4 is 0 Å². The SMILES string of the molecule is COC(=O)C1CCn2c(Br)nnc2C1. The third-order valence-electron chi connectivity index (χ3n) is 2.45. The van der Waals surface area contributed by atoms with Gasteiger partial charge in [0.25, 0.3) is 0 Å². The molecular weight excluding hydrogens is 250 g/mol. The number of carbonyl (C=O) groups is 1. The fourth-order valence-corrected chi connectivity index (χ4v) is 2.12. The van der Waals surface area contributed by atoms with E-state index in [-0.39, 0.29) is 11.9 Å². The molecule has 0 N–H and O–H groups in total. The summed E-state index contributed by atoms with van der Waals surface area (Å²) in [6.07, 6.45) is 1.40. The Bertz CT molecular complexity index is 363. The van der Waals surface area contributed by atoms with Gasteiger partial charge in [0.2, 0.25) is 0 Å². The van der Waals surface area contributed by atoms with E-state index >= 15 is 0 Å². The number of hydrogen-bond donors (Lipinski definition) is 0. The van der Waals surface area contributed by atoms with Crippen LogP contribution in [0.15, 0.2) is 4.73 Å². The lowest BCUT2D eigenvalue weighted by molar-refractivity contribution is -0.146. The summed E-state index contributed by atoms with van der Waals surface area (Å²) in [4.78, 5) is 11.3. The van der Waals surface area contributed by atoms with Crippen molar-refractivity contribution in [2.75, 3.05) is 7.11 Å². The normalized spacial score (nSPS) is 20.3. The van der Waals surface area contributed by atoms with Gasteiger partial charge < -0.3 is 9.30 Å². The molecule has 5 nitrogen and oxygen atoms in total. The van der Waals surface area contributed by atoms with Crippen LogP contribution in [0.25, 0.3) is 0 Å². The van der Waals surface area contributed by atoms with Gasteiger partial charge in [0.15, 0.2) is 4.73 Å². The van der Waals surface area contributed by atoms with E-state index < -0.39 is 0 Å². The highest BCUT2D eigenvalue weighted by molar-refractivity contribution is 9.10. The summed E-state index contributed by atoms with van der Waals surface area (Å²) in [7, 11) is 1.41. The molecule has 0 spiro atoms. The number of methoxy groups -OCH3 is 1. The summed E-state index contributed by atoms with van der Waals surface area (Å²) in [5.41, 5.74) is 0. The van der Waals surface area contributed by atoms with E-state index in [1.54, 1.807) is 0 Å². The molecule has 0 saturated heterocycles. The molecule has 0 amide bonds. The molecule has 14 heavy (non-hydrogen) atoms. The number of nitrogens with zero attached hydrogens (tertiary/aromatic N) is 3. The van der Waals surface area contributed by atoms with E-state index in [0.717, 1.165) is 23.5 Å². The molecular formula is C8H10BrN3O2. The van der Waals surface area contributed by atoms with Crippen LogP contribution in [0.4, 0.5) is 0 Å². The fraction of sp³-hybridized carbons (Fsp3) is 0.625. The summed E-state index contributed by atoms with van der Waals surface area (Å²) in [6, 6.07) is 0. The Hall–Kier alpha value is -0.910. The minimum atomic E-state index is -0.157. The first-order valence-corrected chi connectivity index (χ1v) is 5.17. The van der Waals surface area contributed by atoms with Crippen LogP contribution in [0.3, 0.4) is 0 Å². The Morgan fingerprint density at radius 2 is 2.43 bits per heavy atom. The number of fused-ring (bicyclic) bond motifs is 1. The van der Waals surface area contributed by atoms with Crippen molar-refractivity contribution in [3.63, 3.8) is 0 Å². The molecule has 1 atom stereocenters. The summed E-state index contributed by atoms with van der Waals surface area (Å²) >= 11 is 3.30. The Balaban J connectivity index is 2.18. The van der Waals surface area contributed by atoms with Crippen LogP contribution in [0, 0.1) is 5.92 Å². The summed E-state index contributed by atoms with van der Waals surface area (Å²) < 4.78 is 7.41. The van der Waals surface area contributed by atoms with Crippen LogP contribution in [-0.2, 0) is 22.5 Å². The van der Waals surface area contributed by atoms with E-state index in [1.165, 1.54) is 7.11 Å². The third-order valence-corrected chi connectivity index (χ3v) is 3.03. The Labute approximate surface area is 89.6 Å². The van der Waals surface area contributed by atoms with Crippen molar-refractivity contribution >= 4 is 21.9 Å². The highest BCUT2D eigenvalue weighted by Gasteiger charge is 2.27. The van der Waals surface area contributed by atoms with Gasteiger partial charge in [0.05, 0.1) is 13.0 Å². The van der Waals surface area contributed by atoms with Gasteiger partial charge in [0.1, 0.15) is 5.82 Å².